The first-order valence-corrected chi connectivity index (χ1v) is 12.0. The fourth-order valence-electron chi connectivity index (χ4n) is 4.61. The molecule has 0 unspecified atom stereocenters. The van der Waals surface area contributed by atoms with Crippen molar-refractivity contribution in [3.05, 3.63) is 90.1 Å². The van der Waals surface area contributed by atoms with Gasteiger partial charge in [-0.1, -0.05) is 54.6 Å². The Bertz CT molecular complexity index is 1000. The number of rotatable bonds is 6. The van der Waals surface area contributed by atoms with E-state index >= 15 is 0 Å². The molecule has 1 fully saturated rings. The van der Waals surface area contributed by atoms with Crippen molar-refractivity contribution in [1.82, 2.24) is 9.88 Å². The fraction of sp³-hybridized carbons (Fsp3) is 0.308. The van der Waals surface area contributed by atoms with Gasteiger partial charge >= 0.3 is 0 Å². The van der Waals surface area contributed by atoms with Gasteiger partial charge in [0, 0.05) is 32.2 Å². The van der Waals surface area contributed by atoms with E-state index in [9.17, 15) is 4.79 Å². The molecule has 1 aromatic heterocycles. The average molecular weight is 432 g/mol. The number of thioether (sulfide) groups is 1. The topological polar surface area (TPSA) is 36.4 Å². The molecular weight excluding hydrogens is 402 g/mol. The van der Waals surface area contributed by atoms with Gasteiger partial charge in [-0.3, -0.25) is 9.69 Å². The lowest BCUT2D eigenvalue weighted by Gasteiger charge is -2.48. The number of benzene rings is 2. The van der Waals surface area contributed by atoms with Crippen LogP contribution in [0, 0.1) is 0 Å². The Balaban J connectivity index is 1.69. The number of anilines is 1. The van der Waals surface area contributed by atoms with Gasteiger partial charge in [0.15, 0.2) is 0 Å². The van der Waals surface area contributed by atoms with E-state index in [2.05, 4.69) is 47.4 Å². The Morgan fingerprint density at radius 3 is 2.23 bits per heavy atom. The third kappa shape index (κ3) is 4.68. The van der Waals surface area contributed by atoms with Crippen LogP contribution in [0.5, 0.6) is 0 Å². The first-order chi connectivity index (χ1) is 15.1. The molecule has 1 saturated heterocycles. The van der Waals surface area contributed by atoms with E-state index in [0.29, 0.717) is 0 Å². The summed E-state index contributed by atoms with van der Waals surface area (Å²) < 4.78 is 0. The molecule has 4 nitrogen and oxygen atoms in total. The molecule has 160 valence electrons. The molecule has 0 bridgehead atoms. The van der Waals surface area contributed by atoms with E-state index < -0.39 is 5.54 Å². The van der Waals surface area contributed by atoms with E-state index in [1.54, 1.807) is 18.7 Å². The Labute approximate surface area is 189 Å². The Morgan fingerprint density at radius 2 is 1.61 bits per heavy atom. The largest absolute Gasteiger partial charge is 0.301 e. The zero-order valence-corrected chi connectivity index (χ0v) is 19.0. The van der Waals surface area contributed by atoms with Crippen molar-refractivity contribution >= 4 is 23.4 Å². The highest BCUT2D eigenvalue weighted by molar-refractivity contribution is 7.98. The van der Waals surface area contributed by atoms with E-state index in [4.69, 9.17) is 4.98 Å². The number of aromatic nitrogens is 1. The summed E-state index contributed by atoms with van der Waals surface area (Å²) in [6, 6.07) is 26.8. The summed E-state index contributed by atoms with van der Waals surface area (Å²) in [5.74, 6) is 0.0547. The van der Waals surface area contributed by atoms with E-state index in [1.807, 2.05) is 47.6 Å². The molecule has 4 rings (SSSR count). The highest BCUT2D eigenvalue weighted by Gasteiger charge is 2.44. The third-order valence-corrected chi connectivity index (χ3v) is 6.74. The molecule has 0 saturated carbocycles. The van der Waals surface area contributed by atoms with E-state index in [-0.39, 0.29) is 5.91 Å². The minimum atomic E-state index is -0.452. The Kier molecular flexibility index (Phi) is 6.73. The van der Waals surface area contributed by atoms with Crippen LogP contribution in [0.3, 0.4) is 0 Å². The van der Waals surface area contributed by atoms with Gasteiger partial charge in [-0.05, 0) is 48.9 Å². The molecule has 0 atom stereocenters. The number of amides is 1. The lowest BCUT2D eigenvalue weighted by Crippen LogP contribution is -2.55. The molecule has 31 heavy (non-hydrogen) atoms. The van der Waals surface area contributed by atoms with Crippen LogP contribution in [-0.2, 0) is 16.9 Å². The number of hydrogen-bond donors (Lipinski definition) is 0. The SMILES string of the molecule is CSc1cccc(C2(N(C(C)=O)c3ccccc3)CCN(Cc3ccccc3)CC2)n1. The number of nitrogens with zero attached hydrogens (tertiary/aromatic N) is 3. The van der Waals surface area contributed by atoms with Gasteiger partial charge in [0.2, 0.25) is 5.91 Å². The van der Waals surface area contributed by atoms with Crippen LogP contribution in [0.15, 0.2) is 83.9 Å². The zero-order chi connectivity index (χ0) is 21.7. The molecule has 1 amide bonds. The summed E-state index contributed by atoms with van der Waals surface area (Å²) >= 11 is 1.64. The Hall–Kier alpha value is -2.63. The second-order valence-electron chi connectivity index (χ2n) is 8.05. The van der Waals surface area contributed by atoms with Crippen LogP contribution in [0.2, 0.25) is 0 Å². The number of carbonyl (C=O) groups excluding carboxylic acids is 1. The van der Waals surface area contributed by atoms with Crippen LogP contribution in [0.4, 0.5) is 5.69 Å². The number of piperidine rings is 1. The molecule has 0 radical (unpaired) electrons. The minimum Gasteiger partial charge on any atom is -0.301 e. The predicted molar refractivity (Wildman–Crippen MR) is 128 cm³/mol. The summed E-state index contributed by atoms with van der Waals surface area (Å²) in [7, 11) is 0. The van der Waals surface area contributed by atoms with Gasteiger partial charge in [0.05, 0.1) is 16.3 Å². The van der Waals surface area contributed by atoms with Gasteiger partial charge in [0.25, 0.3) is 0 Å². The van der Waals surface area contributed by atoms with Gasteiger partial charge in [-0.25, -0.2) is 4.98 Å². The third-order valence-electron chi connectivity index (χ3n) is 6.10. The standard InChI is InChI=1S/C26H29N3OS/c1-21(30)29(23-12-7-4-8-13-23)26(24-14-9-15-25(27-24)31-2)16-18-28(19-17-26)20-22-10-5-3-6-11-22/h3-15H,16-20H2,1-2H3. The second-order valence-corrected chi connectivity index (χ2v) is 8.88. The summed E-state index contributed by atoms with van der Waals surface area (Å²) in [6.07, 6.45) is 3.74. The van der Waals surface area contributed by atoms with Crippen molar-refractivity contribution in [2.24, 2.45) is 0 Å². The Morgan fingerprint density at radius 1 is 0.968 bits per heavy atom. The fourth-order valence-corrected chi connectivity index (χ4v) is 5.02. The summed E-state index contributed by atoms with van der Waals surface area (Å²) in [5, 5.41) is 0.986. The molecule has 0 aliphatic carbocycles. The van der Waals surface area contributed by atoms with Gasteiger partial charge in [-0.15, -0.1) is 11.8 Å². The predicted octanol–water partition coefficient (Wildman–Crippen LogP) is 5.35. The van der Waals surface area contributed by atoms with Crippen molar-refractivity contribution in [1.29, 1.82) is 0 Å². The quantitative estimate of drug-likeness (QED) is 0.493. The highest BCUT2D eigenvalue weighted by Crippen LogP contribution is 2.41. The van der Waals surface area contributed by atoms with Crippen molar-refractivity contribution < 1.29 is 4.79 Å². The van der Waals surface area contributed by atoms with Crippen molar-refractivity contribution in [2.75, 3.05) is 24.2 Å². The molecule has 2 aromatic carbocycles. The van der Waals surface area contributed by atoms with Crippen LogP contribution in [-0.4, -0.2) is 35.1 Å². The lowest BCUT2D eigenvalue weighted by atomic mass is 9.81. The molecule has 1 aliphatic rings. The van der Waals surface area contributed by atoms with Crippen LogP contribution < -0.4 is 4.90 Å². The van der Waals surface area contributed by atoms with Crippen molar-refractivity contribution in [2.45, 2.75) is 36.9 Å². The van der Waals surface area contributed by atoms with E-state index in [1.165, 1.54) is 5.56 Å². The van der Waals surface area contributed by atoms with Crippen molar-refractivity contribution in [3.63, 3.8) is 0 Å². The number of para-hydroxylation sites is 1. The molecule has 2 heterocycles. The van der Waals surface area contributed by atoms with Gasteiger partial charge < -0.3 is 4.90 Å². The van der Waals surface area contributed by atoms with Crippen molar-refractivity contribution in [3.8, 4) is 0 Å². The molecular formula is C26H29N3OS. The number of carbonyl (C=O) groups is 1. The first-order valence-electron chi connectivity index (χ1n) is 10.8. The summed E-state index contributed by atoms with van der Waals surface area (Å²) in [4.78, 5) is 22.5. The van der Waals surface area contributed by atoms with Crippen LogP contribution >= 0.6 is 11.8 Å². The molecule has 0 N–H and O–H groups in total. The minimum absolute atomic E-state index is 0.0547. The maximum absolute atomic E-state index is 13.0. The summed E-state index contributed by atoms with van der Waals surface area (Å²) in [5.41, 5.74) is 2.79. The number of hydrogen-bond acceptors (Lipinski definition) is 4. The smallest absolute Gasteiger partial charge is 0.224 e. The van der Waals surface area contributed by atoms with Gasteiger partial charge in [-0.2, -0.15) is 0 Å². The molecule has 1 aliphatic heterocycles. The molecule has 0 spiro atoms. The molecule has 5 heteroatoms. The lowest BCUT2D eigenvalue weighted by molar-refractivity contribution is -0.118. The van der Waals surface area contributed by atoms with Gasteiger partial charge in [0.1, 0.15) is 0 Å². The maximum atomic E-state index is 13.0. The summed E-state index contributed by atoms with van der Waals surface area (Å²) in [6.45, 7) is 4.43. The number of likely N-dealkylation sites (tertiary alicyclic amines) is 1. The zero-order valence-electron chi connectivity index (χ0n) is 18.2. The first kappa shape index (κ1) is 21.6. The molecule has 3 aromatic rings. The highest BCUT2D eigenvalue weighted by atomic mass is 32.2. The van der Waals surface area contributed by atoms with Crippen LogP contribution in [0.1, 0.15) is 31.0 Å². The maximum Gasteiger partial charge on any atom is 0.224 e. The monoisotopic (exact) mass is 431 g/mol. The average Bonchev–Trinajstić information content (AvgIpc) is 2.81. The normalized spacial score (nSPS) is 16.1. The van der Waals surface area contributed by atoms with Crippen LogP contribution in [0.25, 0.3) is 0 Å². The number of pyridine rings is 1. The van der Waals surface area contributed by atoms with E-state index in [0.717, 1.165) is 48.9 Å². The second kappa shape index (κ2) is 9.67.